The van der Waals surface area contributed by atoms with Gasteiger partial charge in [0.1, 0.15) is 12.0 Å². The number of aryl methyl sites for hydroxylation is 1. The van der Waals surface area contributed by atoms with Gasteiger partial charge < -0.3 is 15.9 Å². The van der Waals surface area contributed by atoms with Crippen LogP contribution < -0.4 is 11.2 Å². The third kappa shape index (κ3) is 2.52. The fourth-order valence-corrected chi connectivity index (χ4v) is 1.71. The van der Waals surface area contributed by atoms with Gasteiger partial charge >= 0.3 is 0 Å². The molecule has 5 heteroatoms. The lowest BCUT2D eigenvalue weighted by atomic mass is 10.1. The molecule has 0 aliphatic heterocycles. The van der Waals surface area contributed by atoms with Gasteiger partial charge in [-0.2, -0.15) is 5.48 Å². The number of nitrogens with two attached hydrogens (primary N) is 1. The van der Waals surface area contributed by atoms with Crippen LogP contribution in [0.1, 0.15) is 24.0 Å². The Bertz CT molecular complexity index is 520. The minimum absolute atomic E-state index is 0.584. The molecule has 90 valence electrons. The van der Waals surface area contributed by atoms with Crippen LogP contribution in [0.15, 0.2) is 30.9 Å². The summed E-state index contributed by atoms with van der Waals surface area (Å²) in [6, 6.07) is 5.61. The number of rotatable bonds is 5. The second-order valence-electron chi connectivity index (χ2n) is 3.89. The van der Waals surface area contributed by atoms with E-state index in [4.69, 9.17) is 10.9 Å². The first-order chi connectivity index (χ1) is 8.24. The highest BCUT2D eigenvalue weighted by Crippen LogP contribution is 2.17. The highest BCUT2D eigenvalue weighted by Gasteiger charge is 2.07. The van der Waals surface area contributed by atoms with Gasteiger partial charge in [0.25, 0.3) is 0 Å². The summed E-state index contributed by atoms with van der Waals surface area (Å²) in [6.45, 7) is 3.68. The second kappa shape index (κ2) is 5.09. The predicted octanol–water partition coefficient (Wildman–Crippen LogP) is 1.62. The fourth-order valence-electron chi connectivity index (χ4n) is 1.71. The van der Waals surface area contributed by atoms with Crippen LogP contribution >= 0.6 is 0 Å². The number of hydrogen-bond acceptors (Lipinski definition) is 4. The van der Waals surface area contributed by atoms with Gasteiger partial charge in [-0.3, -0.25) is 0 Å². The Morgan fingerprint density at radius 2 is 2.41 bits per heavy atom. The van der Waals surface area contributed by atoms with Crippen molar-refractivity contribution in [3.05, 3.63) is 42.2 Å². The van der Waals surface area contributed by atoms with Gasteiger partial charge in [0.15, 0.2) is 0 Å². The minimum Gasteiger partial charge on any atom is -0.342 e. The topological polar surface area (TPSA) is 87.0 Å². The molecule has 2 aromatic rings. The van der Waals surface area contributed by atoms with Crippen molar-refractivity contribution >= 4 is 11.0 Å². The summed E-state index contributed by atoms with van der Waals surface area (Å²) in [6.07, 6.45) is 3.02. The number of H-pyrrole nitrogens is 1. The number of aromatic amines is 1. The molecule has 0 fully saturated rings. The fraction of sp³-hybridized carbons (Fsp3) is 0.250. The Morgan fingerprint density at radius 1 is 1.59 bits per heavy atom. The molecule has 1 atom stereocenters. The van der Waals surface area contributed by atoms with E-state index < -0.39 is 6.17 Å². The molecule has 1 unspecified atom stereocenters. The molecule has 1 aromatic heterocycles. The Kier molecular flexibility index (Phi) is 3.53. The maximum Gasteiger partial charge on any atom is 0.107 e. The van der Waals surface area contributed by atoms with E-state index in [2.05, 4.69) is 16.5 Å². The quantitative estimate of drug-likeness (QED) is 0.358. The van der Waals surface area contributed by atoms with Gasteiger partial charge in [0.05, 0.1) is 11.0 Å². The zero-order chi connectivity index (χ0) is 12.3. The molecule has 0 aliphatic carbocycles. The minimum atomic E-state index is -0.584. The first-order valence-corrected chi connectivity index (χ1v) is 5.49. The highest BCUT2D eigenvalue weighted by molar-refractivity contribution is 5.76. The number of hydrogen-bond donors (Lipinski definition) is 4. The summed E-state index contributed by atoms with van der Waals surface area (Å²) in [5.41, 5.74) is 10.3. The standard InChI is InChI=1S/C12H16N4O/c1-2-3-4-11-14-9-6-5-8(12(13)16-17)7-10(9)15-11/h2,5-7,12,16-17H,1,3-4,13H2,(H,14,15). The monoisotopic (exact) mass is 232 g/mol. The van der Waals surface area contributed by atoms with Crippen molar-refractivity contribution in [2.75, 3.05) is 0 Å². The van der Waals surface area contributed by atoms with Gasteiger partial charge in [0.2, 0.25) is 0 Å². The third-order valence-corrected chi connectivity index (χ3v) is 2.64. The largest absolute Gasteiger partial charge is 0.342 e. The summed E-state index contributed by atoms with van der Waals surface area (Å²) in [7, 11) is 0. The number of hydroxylamine groups is 1. The van der Waals surface area contributed by atoms with E-state index in [0.717, 1.165) is 35.3 Å². The van der Waals surface area contributed by atoms with Gasteiger partial charge in [0, 0.05) is 6.42 Å². The van der Waals surface area contributed by atoms with E-state index in [-0.39, 0.29) is 0 Å². The molecule has 0 bridgehead atoms. The Balaban J connectivity index is 2.30. The average molecular weight is 232 g/mol. The number of imidazole rings is 1. The van der Waals surface area contributed by atoms with Crippen LogP contribution in [0.5, 0.6) is 0 Å². The van der Waals surface area contributed by atoms with E-state index in [1.54, 1.807) is 0 Å². The van der Waals surface area contributed by atoms with Crippen LogP contribution in [-0.4, -0.2) is 15.2 Å². The van der Waals surface area contributed by atoms with Gasteiger partial charge in [-0.15, -0.1) is 6.58 Å². The SMILES string of the molecule is C=CCCc1nc2ccc(C(N)NO)cc2[nH]1. The van der Waals surface area contributed by atoms with Crippen LogP contribution in [-0.2, 0) is 6.42 Å². The number of nitrogens with zero attached hydrogens (tertiary/aromatic N) is 1. The highest BCUT2D eigenvalue weighted by atomic mass is 16.5. The molecule has 0 saturated heterocycles. The summed E-state index contributed by atoms with van der Waals surface area (Å²) in [5, 5.41) is 8.77. The van der Waals surface area contributed by atoms with Crippen molar-refractivity contribution in [2.45, 2.75) is 19.0 Å². The van der Waals surface area contributed by atoms with Gasteiger partial charge in [-0.1, -0.05) is 12.1 Å². The molecule has 1 aromatic carbocycles. The smallest absolute Gasteiger partial charge is 0.107 e. The van der Waals surface area contributed by atoms with Crippen molar-refractivity contribution in [1.29, 1.82) is 0 Å². The third-order valence-electron chi connectivity index (χ3n) is 2.64. The van der Waals surface area contributed by atoms with E-state index in [9.17, 15) is 0 Å². The molecular formula is C12H16N4O. The van der Waals surface area contributed by atoms with Crippen molar-refractivity contribution in [1.82, 2.24) is 15.4 Å². The molecular weight excluding hydrogens is 216 g/mol. The Labute approximate surface area is 99.3 Å². The van der Waals surface area contributed by atoms with E-state index in [0.29, 0.717) is 0 Å². The molecule has 0 spiro atoms. The van der Waals surface area contributed by atoms with Crippen LogP contribution in [0.2, 0.25) is 0 Å². The summed E-state index contributed by atoms with van der Waals surface area (Å²) in [5.74, 6) is 0.933. The van der Waals surface area contributed by atoms with Crippen LogP contribution in [0.3, 0.4) is 0 Å². The summed E-state index contributed by atoms with van der Waals surface area (Å²) in [4.78, 5) is 7.68. The molecule has 5 nitrogen and oxygen atoms in total. The molecule has 0 saturated carbocycles. The van der Waals surface area contributed by atoms with Gasteiger partial charge in [-0.05, 0) is 24.1 Å². The average Bonchev–Trinajstić information content (AvgIpc) is 2.76. The van der Waals surface area contributed by atoms with Crippen LogP contribution in [0, 0.1) is 0 Å². The van der Waals surface area contributed by atoms with Crippen molar-refractivity contribution in [3.63, 3.8) is 0 Å². The van der Waals surface area contributed by atoms with E-state index in [1.165, 1.54) is 0 Å². The maximum atomic E-state index is 8.77. The first-order valence-electron chi connectivity index (χ1n) is 5.49. The lowest BCUT2D eigenvalue weighted by Gasteiger charge is -2.08. The van der Waals surface area contributed by atoms with Crippen molar-refractivity contribution in [2.24, 2.45) is 5.73 Å². The number of allylic oxidation sites excluding steroid dienone is 1. The van der Waals surface area contributed by atoms with E-state index in [1.807, 2.05) is 29.8 Å². The van der Waals surface area contributed by atoms with Crippen LogP contribution in [0.4, 0.5) is 0 Å². The molecule has 2 rings (SSSR count). The number of fused-ring (bicyclic) bond motifs is 1. The first kappa shape index (κ1) is 11.8. The maximum absolute atomic E-state index is 8.77. The number of benzene rings is 1. The van der Waals surface area contributed by atoms with Crippen molar-refractivity contribution < 1.29 is 5.21 Å². The molecule has 1 heterocycles. The van der Waals surface area contributed by atoms with E-state index >= 15 is 0 Å². The van der Waals surface area contributed by atoms with Gasteiger partial charge in [-0.25, -0.2) is 4.98 Å². The predicted molar refractivity (Wildman–Crippen MR) is 66.5 cm³/mol. The molecule has 5 N–H and O–H groups in total. The second-order valence-corrected chi connectivity index (χ2v) is 3.89. The lowest BCUT2D eigenvalue weighted by molar-refractivity contribution is 0.128. The molecule has 17 heavy (non-hydrogen) atoms. The summed E-state index contributed by atoms with van der Waals surface area (Å²) < 4.78 is 0. The molecule has 0 radical (unpaired) electrons. The van der Waals surface area contributed by atoms with Crippen molar-refractivity contribution in [3.8, 4) is 0 Å². The zero-order valence-electron chi connectivity index (χ0n) is 9.48. The number of aromatic nitrogens is 2. The number of nitrogens with one attached hydrogen (secondary N) is 2. The normalized spacial score (nSPS) is 12.8. The summed E-state index contributed by atoms with van der Waals surface area (Å²) >= 11 is 0. The van der Waals surface area contributed by atoms with Crippen LogP contribution in [0.25, 0.3) is 11.0 Å². The Hall–Kier alpha value is -1.69. The Morgan fingerprint density at radius 3 is 3.12 bits per heavy atom. The lowest BCUT2D eigenvalue weighted by Crippen LogP contribution is -2.25. The molecule has 0 aliphatic rings. The zero-order valence-corrected chi connectivity index (χ0v) is 9.48. The molecule has 0 amide bonds.